The number of piperidine rings is 1. The number of pyridine rings is 1. The molecular formula is C33H26N4O2. The second kappa shape index (κ2) is 8.93. The number of aliphatic hydroxyl groups is 1. The van der Waals surface area contributed by atoms with Crippen LogP contribution < -0.4 is 0 Å². The van der Waals surface area contributed by atoms with Crippen molar-refractivity contribution in [1.82, 2.24) is 14.3 Å². The molecular weight excluding hydrogens is 484 g/mol. The summed E-state index contributed by atoms with van der Waals surface area (Å²) < 4.78 is 2.06. The van der Waals surface area contributed by atoms with E-state index in [1.54, 1.807) is 0 Å². The number of amides is 1. The summed E-state index contributed by atoms with van der Waals surface area (Å²) in [5.74, 6) is -0.0571. The molecule has 0 radical (unpaired) electrons. The lowest BCUT2D eigenvalue weighted by molar-refractivity contribution is -0.135. The summed E-state index contributed by atoms with van der Waals surface area (Å²) in [6, 6.07) is 29.8. The van der Waals surface area contributed by atoms with E-state index in [9.17, 15) is 9.90 Å². The number of aromatic nitrogens is 2. The highest BCUT2D eigenvalue weighted by Crippen LogP contribution is 2.47. The molecule has 1 N–H and O–H groups in total. The molecule has 7 rings (SSSR count). The van der Waals surface area contributed by atoms with Gasteiger partial charge in [0.25, 0.3) is 0 Å². The molecule has 3 aromatic carbocycles. The van der Waals surface area contributed by atoms with E-state index < -0.39 is 5.60 Å². The first-order valence-electron chi connectivity index (χ1n) is 13.2. The molecule has 1 atom stereocenters. The maximum absolute atomic E-state index is 13.4. The largest absolute Gasteiger partial charge is 0.385 e. The van der Waals surface area contributed by atoms with Gasteiger partial charge in [-0.1, -0.05) is 54.6 Å². The zero-order chi connectivity index (χ0) is 26.6. The van der Waals surface area contributed by atoms with Crippen LogP contribution in [0.15, 0.2) is 97.3 Å². The Balaban J connectivity index is 1.09. The smallest absolute Gasteiger partial charge is 0.234 e. The molecule has 0 bridgehead atoms. The van der Waals surface area contributed by atoms with Gasteiger partial charge in [-0.2, -0.15) is 5.26 Å². The minimum atomic E-state index is -0.871. The Labute approximate surface area is 226 Å². The lowest BCUT2D eigenvalue weighted by Crippen LogP contribution is -2.45. The average Bonchev–Trinajstić information content (AvgIpc) is 3.56. The van der Waals surface area contributed by atoms with Gasteiger partial charge >= 0.3 is 0 Å². The lowest BCUT2D eigenvalue weighted by atomic mass is 9.84. The number of nitrogens with zero attached hydrogens (tertiary/aromatic N) is 4. The second-order valence-corrected chi connectivity index (χ2v) is 10.5. The van der Waals surface area contributed by atoms with Crippen molar-refractivity contribution < 1.29 is 9.90 Å². The Kier molecular flexibility index (Phi) is 5.36. The van der Waals surface area contributed by atoms with Gasteiger partial charge in [0.1, 0.15) is 5.65 Å². The van der Waals surface area contributed by atoms with Crippen LogP contribution in [0.5, 0.6) is 0 Å². The first kappa shape index (κ1) is 23.4. The van der Waals surface area contributed by atoms with Gasteiger partial charge in [-0.05, 0) is 71.0 Å². The van der Waals surface area contributed by atoms with Crippen LogP contribution in [0.1, 0.15) is 41.0 Å². The van der Waals surface area contributed by atoms with Crippen molar-refractivity contribution in [3.8, 4) is 28.5 Å². The second-order valence-electron chi connectivity index (χ2n) is 10.5. The van der Waals surface area contributed by atoms with Crippen molar-refractivity contribution in [2.45, 2.75) is 24.4 Å². The number of rotatable bonds is 4. The molecule has 2 aromatic heterocycles. The van der Waals surface area contributed by atoms with Crippen molar-refractivity contribution in [1.29, 1.82) is 5.26 Å². The maximum Gasteiger partial charge on any atom is 0.234 e. The van der Waals surface area contributed by atoms with E-state index in [1.807, 2.05) is 71.8 Å². The van der Waals surface area contributed by atoms with E-state index in [0.29, 0.717) is 31.5 Å². The normalized spacial score (nSPS) is 17.4. The van der Waals surface area contributed by atoms with Gasteiger partial charge in [0, 0.05) is 24.8 Å². The van der Waals surface area contributed by atoms with E-state index in [2.05, 4.69) is 45.9 Å². The Morgan fingerprint density at radius 3 is 2.36 bits per heavy atom. The van der Waals surface area contributed by atoms with E-state index in [1.165, 1.54) is 0 Å². The fraction of sp³-hybridized carbons (Fsp3) is 0.182. The van der Waals surface area contributed by atoms with Gasteiger partial charge in [0.15, 0.2) is 0 Å². The Bertz CT molecular complexity index is 1760. The Morgan fingerprint density at radius 1 is 0.897 bits per heavy atom. The molecule has 1 aliphatic heterocycles. The molecule has 1 fully saturated rings. The van der Waals surface area contributed by atoms with Crippen molar-refractivity contribution in [3.63, 3.8) is 0 Å². The van der Waals surface area contributed by atoms with Crippen LogP contribution in [-0.4, -0.2) is 38.4 Å². The molecule has 1 aliphatic carbocycles. The van der Waals surface area contributed by atoms with Crippen LogP contribution >= 0.6 is 0 Å². The molecule has 0 spiro atoms. The van der Waals surface area contributed by atoms with Crippen LogP contribution in [-0.2, 0) is 10.4 Å². The number of hydrogen-bond acceptors (Lipinski definition) is 4. The molecule has 5 aromatic rings. The van der Waals surface area contributed by atoms with Gasteiger partial charge in [0.05, 0.1) is 35.0 Å². The minimum Gasteiger partial charge on any atom is -0.385 e. The summed E-state index contributed by atoms with van der Waals surface area (Å²) in [5.41, 5.74) is 7.75. The van der Waals surface area contributed by atoms with Crippen molar-refractivity contribution in [3.05, 3.63) is 120 Å². The molecule has 0 saturated carbocycles. The molecule has 190 valence electrons. The van der Waals surface area contributed by atoms with Gasteiger partial charge in [-0.25, -0.2) is 4.98 Å². The fourth-order valence-electron chi connectivity index (χ4n) is 5.85. The number of nitriles is 1. The van der Waals surface area contributed by atoms with Crippen molar-refractivity contribution in [2.24, 2.45) is 0 Å². The number of imidazole rings is 1. The SMILES string of the molecule is N#Cc1ccc(-c2cnc3ccc(-c4ccc5c(c4)C5C(=O)N4CCC(O)(c5ccccc5)CC4)cn23)cc1. The van der Waals surface area contributed by atoms with Gasteiger partial charge < -0.3 is 10.0 Å². The predicted molar refractivity (Wildman–Crippen MR) is 149 cm³/mol. The highest BCUT2D eigenvalue weighted by Gasteiger charge is 2.44. The molecule has 1 amide bonds. The third-order valence-corrected chi connectivity index (χ3v) is 8.23. The van der Waals surface area contributed by atoms with Crippen LogP contribution in [0.4, 0.5) is 0 Å². The standard InChI is InChI=1S/C33H26N4O2/c34-19-22-6-8-23(9-7-22)29-20-35-30-13-11-25(21-37(29)30)24-10-12-27-28(18-24)31(27)32(38)36-16-14-33(39,15-17-36)26-4-2-1-3-5-26/h1-13,18,20-21,31,39H,14-17H2. The van der Waals surface area contributed by atoms with E-state index >= 15 is 0 Å². The van der Waals surface area contributed by atoms with Crippen LogP contribution in [0.25, 0.3) is 28.0 Å². The summed E-state index contributed by atoms with van der Waals surface area (Å²) in [5, 5.41) is 20.3. The number of hydrogen-bond donors (Lipinski definition) is 1. The highest BCUT2D eigenvalue weighted by molar-refractivity contribution is 5.95. The van der Waals surface area contributed by atoms with Gasteiger partial charge in [0.2, 0.25) is 5.91 Å². The predicted octanol–water partition coefficient (Wildman–Crippen LogP) is 5.50. The molecule has 1 saturated heterocycles. The van der Waals surface area contributed by atoms with Crippen LogP contribution in [0.3, 0.4) is 0 Å². The Hall–Kier alpha value is -4.73. The number of carbonyl (C=O) groups is 1. The fourth-order valence-corrected chi connectivity index (χ4v) is 5.85. The quantitative estimate of drug-likeness (QED) is 0.346. The first-order valence-corrected chi connectivity index (χ1v) is 13.2. The molecule has 3 heterocycles. The third-order valence-electron chi connectivity index (χ3n) is 8.23. The number of benzene rings is 3. The van der Waals surface area contributed by atoms with E-state index in [0.717, 1.165) is 44.7 Å². The van der Waals surface area contributed by atoms with Crippen LogP contribution in [0.2, 0.25) is 0 Å². The minimum absolute atomic E-state index is 0.130. The number of fused-ring (bicyclic) bond motifs is 2. The molecule has 6 nitrogen and oxygen atoms in total. The summed E-state index contributed by atoms with van der Waals surface area (Å²) in [7, 11) is 0. The van der Waals surface area contributed by atoms with Crippen LogP contribution in [0, 0.1) is 11.3 Å². The Morgan fingerprint density at radius 2 is 1.62 bits per heavy atom. The zero-order valence-electron chi connectivity index (χ0n) is 21.3. The van der Waals surface area contributed by atoms with Crippen molar-refractivity contribution >= 4 is 11.6 Å². The molecule has 6 heteroatoms. The molecule has 39 heavy (non-hydrogen) atoms. The zero-order valence-corrected chi connectivity index (χ0v) is 21.3. The summed E-state index contributed by atoms with van der Waals surface area (Å²) in [6.07, 6.45) is 5.01. The van der Waals surface area contributed by atoms with E-state index in [-0.39, 0.29) is 11.8 Å². The number of likely N-dealkylation sites (tertiary alicyclic amines) is 1. The van der Waals surface area contributed by atoms with E-state index in [4.69, 9.17) is 5.26 Å². The lowest BCUT2D eigenvalue weighted by Gasteiger charge is -2.38. The highest BCUT2D eigenvalue weighted by atomic mass is 16.3. The summed E-state index contributed by atoms with van der Waals surface area (Å²) in [6.45, 7) is 1.11. The topological polar surface area (TPSA) is 81.6 Å². The van der Waals surface area contributed by atoms with Gasteiger partial charge in [-0.15, -0.1) is 0 Å². The number of carbonyl (C=O) groups excluding carboxylic acids is 1. The summed E-state index contributed by atoms with van der Waals surface area (Å²) >= 11 is 0. The first-order chi connectivity index (χ1) is 19.0. The van der Waals surface area contributed by atoms with Crippen molar-refractivity contribution in [2.75, 3.05) is 13.1 Å². The third kappa shape index (κ3) is 3.99. The average molecular weight is 511 g/mol. The molecule has 1 unspecified atom stereocenters. The molecule has 2 aliphatic rings. The summed E-state index contributed by atoms with van der Waals surface area (Å²) in [4.78, 5) is 19.9. The monoisotopic (exact) mass is 510 g/mol. The maximum atomic E-state index is 13.4. The van der Waals surface area contributed by atoms with Gasteiger partial charge in [-0.3, -0.25) is 9.20 Å².